The third-order valence-corrected chi connectivity index (χ3v) is 4.35. The van der Waals surface area contributed by atoms with Crippen LogP contribution in [0.15, 0.2) is 24.7 Å². The van der Waals surface area contributed by atoms with E-state index in [2.05, 4.69) is 25.5 Å². The summed E-state index contributed by atoms with van der Waals surface area (Å²) >= 11 is 0. The minimum Gasteiger partial charge on any atom is -0.342 e. The fourth-order valence-corrected chi connectivity index (χ4v) is 3.14. The highest BCUT2D eigenvalue weighted by molar-refractivity contribution is 5.94. The smallest absolute Gasteiger partial charge is 0.272 e. The first-order valence-corrected chi connectivity index (χ1v) is 7.93. The Balaban J connectivity index is 1.59. The molecule has 2 N–H and O–H groups in total. The predicted molar refractivity (Wildman–Crippen MR) is 84.1 cm³/mol. The van der Waals surface area contributed by atoms with Gasteiger partial charge in [-0.3, -0.25) is 14.3 Å². The molecule has 1 amide bonds. The number of aryl methyl sites for hydroxylation is 1. The van der Waals surface area contributed by atoms with E-state index in [4.69, 9.17) is 0 Å². The van der Waals surface area contributed by atoms with Gasteiger partial charge in [-0.1, -0.05) is 6.92 Å². The maximum absolute atomic E-state index is 12.6. The molecule has 3 aromatic heterocycles. The number of amides is 1. The molecule has 1 unspecified atom stereocenters. The number of aromatic amines is 1. The number of hydrogen-bond acceptors (Lipinski definition) is 4. The van der Waals surface area contributed by atoms with E-state index < -0.39 is 0 Å². The van der Waals surface area contributed by atoms with Crippen LogP contribution >= 0.6 is 0 Å². The highest BCUT2D eigenvalue weighted by Gasteiger charge is 2.25. The molecule has 1 aliphatic rings. The summed E-state index contributed by atoms with van der Waals surface area (Å²) < 4.78 is 1.86. The van der Waals surface area contributed by atoms with Gasteiger partial charge in [-0.2, -0.15) is 5.10 Å². The summed E-state index contributed by atoms with van der Waals surface area (Å²) in [6.45, 7) is 2.03. The summed E-state index contributed by atoms with van der Waals surface area (Å²) in [6, 6.07) is 1.70. The first-order chi connectivity index (χ1) is 11.3. The van der Waals surface area contributed by atoms with E-state index >= 15 is 0 Å². The number of carbonyl (C=O) groups is 1. The van der Waals surface area contributed by atoms with Crippen LogP contribution in [-0.2, 0) is 12.8 Å². The van der Waals surface area contributed by atoms with Crippen LogP contribution in [0.1, 0.15) is 53.2 Å². The molecular weight excluding hydrogens is 292 g/mol. The molecule has 4 rings (SSSR count). The average Bonchev–Trinajstić information content (AvgIpc) is 3.25. The minimum absolute atomic E-state index is 0.138. The maximum atomic E-state index is 12.6. The van der Waals surface area contributed by atoms with Gasteiger partial charge in [-0.15, -0.1) is 0 Å². The van der Waals surface area contributed by atoms with Crippen LogP contribution in [0.3, 0.4) is 0 Å². The van der Waals surface area contributed by atoms with Gasteiger partial charge in [0.05, 0.1) is 11.7 Å². The Morgan fingerprint density at radius 3 is 3.22 bits per heavy atom. The predicted octanol–water partition coefficient (Wildman–Crippen LogP) is 1.82. The van der Waals surface area contributed by atoms with Crippen LogP contribution in [0.4, 0.5) is 0 Å². The SMILES string of the molecule is CCC(NC(=O)c1n[nH]c2c1CCC2)c1cn2cccnc2n1. The van der Waals surface area contributed by atoms with Crippen molar-refractivity contribution in [3.8, 4) is 0 Å². The molecule has 0 aliphatic heterocycles. The van der Waals surface area contributed by atoms with E-state index in [0.717, 1.165) is 42.6 Å². The second kappa shape index (κ2) is 5.49. The molecule has 0 spiro atoms. The normalized spacial score (nSPS) is 14.8. The van der Waals surface area contributed by atoms with Crippen molar-refractivity contribution in [1.29, 1.82) is 0 Å². The van der Waals surface area contributed by atoms with Crippen molar-refractivity contribution in [3.63, 3.8) is 0 Å². The standard InChI is InChI=1S/C16H18N6O/c1-2-11(13-9-22-8-4-7-17-16(22)19-13)18-15(23)14-10-5-3-6-12(10)20-21-14/h4,7-9,11H,2-3,5-6H2,1H3,(H,18,23)(H,20,21). The lowest BCUT2D eigenvalue weighted by Crippen LogP contribution is -2.29. The number of carbonyl (C=O) groups excluding carboxylic acids is 1. The van der Waals surface area contributed by atoms with Gasteiger partial charge in [0, 0.05) is 29.8 Å². The molecule has 0 fully saturated rings. The quantitative estimate of drug-likeness (QED) is 0.769. The Hall–Kier alpha value is -2.70. The summed E-state index contributed by atoms with van der Waals surface area (Å²) in [4.78, 5) is 21.3. The molecule has 0 aromatic carbocycles. The molecule has 0 radical (unpaired) electrons. The van der Waals surface area contributed by atoms with Crippen molar-refractivity contribution in [2.75, 3.05) is 0 Å². The van der Waals surface area contributed by atoms with Crippen LogP contribution in [0.25, 0.3) is 5.78 Å². The van der Waals surface area contributed by atoms with Gasteiger partial charge < -0.3 is 5.32 Å². The van der Waals surface area contributed by atoms with Gasteiger partial charge in [0.1, 0.15) is 0 Å². The molecule has 3 heterocycles. The first kappa shape index (κ1) is 13.9. The van der Waals surface area contributed by atoms with Gasteiger partial charge in [0.2, 0.25) is 5.78 Å². The van der Waals surface area contributed by atoms with E-state index in [1.807, 2.05) is 29.8 Å². The van der Waals surface area contributed by atoms with Crippen molar-refractivity contribution >= 4 is 11.7 Å². The fraction of sp³-hybridized carbons (Fsp3) is 0.375. The number of nitrogens with zero attached hydrogens (tertiary/aromatic N) is 4. The number of imidazole rings is 1. The van der Waals surface area contributed by atoms with E-state index in [0.29, 0.717) is 11.5 Å². The molecule has 0 saturated carbocycles. The molecule has 7 heteroatoms. The second-order valence-electron chi connectivity index (χ2n) is 5.81. The van der Waals surface area contributed by atoms with Crippen molar-refractivity contribution in [2.45, 2.75) is 38.6 Å². The lowest BCUT2D eigenvalue weighted by molar-refractivity contribution is 0.0928. The molecule has 118 valence electrons. The zero-order valence-corrected chi connectivity index (χ0v) is 12.9. The Labute approximate surface area is 133 Å². The summed E-state index contributed by atoms with van der Waals surface area (Å²) in [5.41, 5.74) is 3.50. The van der Waals surface area contributed by atoms with Crippen LogP contribution < -0.4 is 5.32 Å². The Bertz CT molecular complexity index is 831. The summed E-state index contributed by atoms with van der Waals surface area (Å²) in [6.07, 6.45) is 9.24. The fourth-order valence-electron chi connectivity index (χ4n) is 3.14. The lowest BCUT2D eigenvalue weighted by Gasteiger charge is -2.14. The van der Waals surface area contributed by atoms with Gasteiger partial charge >= 0.3 is 0 Å². The zero-order chi connectivity index (χ0) is 15.8. The number of nitrogens with one attached hydrogen (secondary N) is 2. The van der Waals surface area contributed by atoms with Crippen molar-refractivity contribution < 1.29 is 4.79 Å². The van der Waals surface area contributed by atoms with Crippen molar-refractivity contribution in [3.05, 3.63) is 47.3 Å². The summed E-state index contributed by atoms with van der Waals surface area (Å²) in [5, 5.41) is 10.2. The molecule has 0 bridgehead atoms. The average molecular weight is 310 g/mol. The van der Waals surface area contributed by atoms with E-state index in [9.17, 15) is 4.79 Å². The van der Waals surface area contributed by atoms with E-state index in [1.165, 1.54) is 0 Å². The monoisotopic (exact) mass is 310 g/mol. The van der Waals surface area contributed by atoms with Crippen molar-refractivity contribution in [2.24, 2.45) is 0 Å². The zero-order valence-electron chi connectivity index (χ0n) is 12.9. The highest BCUT2D eigenvalue weighted by atomic mass is 16.2. The molecule has 23 heavy (non-hydrogen) atoms. The maximum Gasteiger partial charge on any atom is 0.272 e. The molecule has 1 aliphatic carbocycles. The number of rotatable bonds is 4. The van der Waals surface area contributed by atoms with Crippen LogP contribution in [0.5, 0.6) is 0 Å². The van der Waals surface area contributed by atoms with Gasteiger partial charge in [0.25, 0.3) is 5.91 Å². The minimum atomic E-state index is -0.155. The number of H-pyrrole nitrogens is 1. The summed E-state index contributed by atoms with van der Waals surface area (Å²) in [5.74, 6) is 0.497. The van der Waals surface area contributed by atoms with Crippen LogP contribution in [-0.4, -0.2) is 30.5 Å². The molecule has 3 aromatic rings. The van der Waals surface area contributed by atoms with Crippen LogP contribution in [0, 0.1) is 0 Å². The van der Waals surface area contributed by atoms with E-state index in [1.54, 1.807) is 6.20 Å². The molecule has 1 atom stereocenters. The number of hydrogen-bond donors (Lipinski definition) is 2. The Kier molecular flexibility index (Phi) is 3.33. The number of aromatic nitrogens is 5. The Morgan fingerprint density at radius 1 is 1.48 bits per heavy atom. The van der Waals surface area contributed by atoms with Gasteiger partial charge in [-0.05, 0) is 31.7 Å². The lowest BCUT2D eigenvalue weighted by atomic mass is 10.1. The topological polar surface area (TPSA) is 88.0 Å². The molecule has 7 nitrogen and oxygen atoms in total. The van der Waals surface area contributed by atoms with Crippen LogP contribution in [0.2, 0.25) is 0 Å². The third kappa shape index (κ3) is 2.38. The molecular formula is C16H18N6O. The first-order valence-electron chi connectivity index (χ1n) is 7.93. The Morgan fingerprint density at radius 2 is 2.39 bits per heavy atom. The molecule has 0 saturated heterocycles. The largest absolute Gasteiger partial charge is 0.342 e. The highest BCUT2D eigenvalue weighted by Crippen LogP contribution is 2.24. The number of fused-ring (bicyclic) bond motifs is 2. The third-order valence-electron chi connectivity index (χ3n) is 4.35. The summed E-state index contributed by atoms with van der Waals surface area (Å²) in [7, 11) is 0. The van der Waals surface area contributed by atoms with Crippen molar-refractivity contribution in [1.82, 2.24) is 29.9 Å². The van der Waals surface area contributed by atoms with Gasteiger partial charge in [-0.25, -0.2) is 9.97 Å². The van der Waals surface area contributed by atoms with E-state index in [-0.39, 0.29) is 11.9 Å². The van der Waals surface area contributed by atoms with Gasteiger partial charge in [0.15, 0.2) is 5.69 Å². The second-order valence-corrected chi connectivity index (χ2v) is 5.81.